The molecule has 1 aliphatic heterocycles. The van der Waals surface area contributed by atoms with Crippen LogP contribution in [0.4, 0.5) is 0 Å². The van der Waals surface area contributed by atoms with Crippen LogP contribution in [0.25, 0.3) is 11.3 Å². The average molecular weight is 345 g/mol. The molecule has 0 fully saturated rings. The van der Waals surface area contributed by atoms with E-state index < -0.39 is 5.92 Å². The molecule has 3 heterocycles. The molecule has 26 heavy (non-hydrogen) atoms. The van der Waals surface area contributed by atoms with Gasteiger partial charge in [-0.05, 0) is 35.9 Å². The molecular weight excluding hydrogens is 330 g/mol. The first-order chi connectivity index (χ1) is 12.7. The normalized spacial score (nSPS) is 15.8. The monoisotopic (exact) mass is 345 g/mol. The van der Waals surface area contributed by atoms with Gasteiger partial charge in [-0.15, -0.1) is 5.10 Å². The lowest BCUT2D eigenvalue weighted by atomic mass is 9.84. The number of methoxy groups -OCH3 is 1. The molecule has 4 rings (SSSR count). The second kappa shape index (κ2) is 6.26. The van der Waals surface area contributed by atoms with Crippen LogP contribution in [0, 0.1) is 11.3 Å². The van der Waals surface area contributed by atoms with Gasteiger partial charge in [0.05, 0.1) is 24.3 Å². The molecule has 1 aromatic carbocycles. The highest BCUT2D eigenvalue weighted by molar-refractivity contribution is 5.71. The minimum absolute atomic E-state index is 0.0571. The van der Waals surface area contributed by atoms with Crippen LogP contribution in [0.2, 0.25) is 0 Å². The Kier molecular flexibility index (Phi) is 3.78. The highest BCUT2D eigenvalue weighted by Gasteiger charge is 2.35. The Balaban J connectivity index is 1.90. The van der Waals surface area contributed by atoms with Crippen molar-refractivity contribution in [1.29, 1.82) is 5.26 Å². The molecule has 1 atom stereocenters. The number of fused-ring (bicyclic) bond motifs is 1. The van der Waals surface area contributed by atoms with E-state index in [9.17, 15) is 5.26 Å². The van der Waals surface area contributed by atoms with Gasteiger partial charge in [0.1, 0.15) is 17.4 Å². The zero-order valence-corrected chi connectivity index (χ0v) is 13.9. The summed E-state index contributed by atoms with van der Waals surface area (Å²) in [6.45, 7) is 0. The van der Waals surface area contributed by atoms with Crippen molar-refractivity contribution in [2.24, 2.45) is 5.73 Å². The summed E-state index contributed by atoms with van der Waals surface area (Å²) >= 11 is 0. The summed E-state index contributed by atoms with van der Waals surface area (Å²) in [5.74, 6) is 0.764. The van der Waals surface area contributed by atoms with Gasteiger partial charge in [0.25, 0.3) is 0 Å². The fourth-order valence-electron chi connectivity index (χ4n) is 3.10. The lowest BCUT2D eigenvalue weighted by Crippen LogP contribution is -2.21. The van der Waals surface area contributed by atoms with Gasteiger partial charge >= 0.3 is 0 Å². The Labute approximate surface area is 149 Å². The summed E-state index contributed by atoms with van der Waals surface area (Å²) in [6, 6.07) is 13.5. The van der Waals surface area contributed by atoms with Gasteiger partial charge in [0, 0.05) is 18.0 Å². The third-order valence-electron chi connectivity index (χ3n) is 4.34. The molecule has 0 amide bonds. The van der Waals surface area contributed by atoms with Crippen molar-refractivity contribution in [2.75, 3.05) is 7.11 Å². The van der Waals surface area contributed by atoms with E-state index in [2.05, 4.69) is 21.3 Å². The number of aromatic nitrogens is 3. The lowest BCUT2D eigenvalue weighted by molar-refractivity contribution is 0.379. The summed E-state index contributed by atoms with van der Waals surface area (Å²) in [7, 11) is 1.62. The Morgan fingerprint density at radius 1 is 1.27 bits per heavy atom. The van der Waals surface area contributed by atoms with E-state index in [0.717, 1.165) is 28.1 Å². The zero-order valence-electron chi connectivity index (χ0n) is 13.9. The molecule has 0 aliphatic carbocycles. The molecule has 128 valence electrons. The molecule has 0 saturated heterocycles. The Bertz CT molecular complexity index is 1020. The van der Waals surface area contributed by atoms with Crippen LogP contribution < -0.4 is 15.2 Å². The fraction of sp³-hybridized carbons (Fsp3) is 0.105. The summed E-state index contributed by atoms with van der Waals surface area (Å²) < 4.78 is 10.8. The van der Waals surface area contributed by atoms with E-state index in [1.54, 1.807) is 19.5 Å². The third-order valence-corrected chi connectivity index (χ3v) is 4.34. The Morgan fingerprint density at radius 2 is 2.08 bits per heavy atom. The topological polar surface area (TPSA) is 110 Å². The molecule has 0 bridgehead atoms. The first-order valence-corrected chi connectivity index (χ1v) is 7.93. The van der Waals surface area contributed by atoms with Crippen molar-refractivity contribution in [3.63, 3.8) is 0 Å². The van der Waals surface area contributed by atoms with E-state index in [1.165, 1.54) is 0 Å². The number of benzene rings is 1. The molecule has 0 spiro atoms. The summed E-state index contributed by atoms with van der Waals surface area (Å²) in [5.41, 5.74) is 9.55. The number of nitriles is 1. The van der Waals surface area contributed by atoms with Crippen molar-refractivity contribution < 1.29 is 9.47 Å². The minimum Gasteiger partial charge on any atom is -0.497 e. The van der Waals surface area contributed by atoms with Crippen molar-refractivity contribution in [1.82, 2.24) is 15.2 Å². The van der Waals surface area contributed by atoms with Crippen molar-refractivity contribution in [3.8, 4) is 29.0 Å². The Hall–Kier alpha value is -3.79. The average Bonchev–Trinajstić information content (AvgIpc) is 3.11. The van der Waals surface area contributed by atoms with Crippen LogP contribution in [-0.2, 0) is 0 Å². The SMILES string of the molecule is COc1ccc(-c2[nH]nc3c2[C@H](c2cccnc2)C(C#N)=C(N)O3)cc1. The number of nitrogens with zero attached hydrogens (tertiary/aromatic N) is 3. The summed E-state index contributed by atoms with van der Waals surface area (Å²) in [4.78, 5) is 4.18. The van der Waals surface area contributed by atoms with Crippen LogP contribution in [0.5, 0.6) is 11.6 Å². The van der Waals surface area contributed by atoms with E-state index in [1.807, 2.05) is 36.4 Å². The molecule has 3 N–H and O–H groups in total. The van der Waals surface area contributed by atoms with E-state index in [-0.39, 0.29) is 5.88 Å². The van der Waals surface area contributed by atoms with Gasteiger partial charge in [0.2, 0.25) is 11.8 Å². The lowest BCUT2D eigenvalue weighted by Gasteiger charge is -2.23. The second-order valence-electron chi connectivity index (χ2n) is 5.76. The number of nitrogens with one attached hydrogen (secondary N) is 1. The highest BCUT2D eigenvalue weighted by atomic mass is 16.5. The maximum absolute atomic E-state index is 9.65. The second-order valence-corrected chi connectivity index (χ2v) is 5.76. The van der Waals surface area contributed by atoms with Crippen molar-refractivity contribution in [2.45, 2.75) is 5.92 Å². The molecule has 1 aliphatic rings. The number of allylic oxidation sites excluding steroid dienone is 1. The number of ether oxygens (including phenoxy) is 2. The van der Waals surface area contributed by atoms with E-state index in [4.69, 9.17) is 15.2 Å². The number of H-pyrrole nitrogens is 1. The summed E-state index contributed by atoms with van der Waals surface area (Å²) in [5, 5.41) is 16.9. The van der Waals surface area contributed by atoms with Crippen molar-refractivity contribution in [3.05, 3.63) is 71.4 Å². The molecule has 2 aromatic heterocycles. The van der Waals surface area contributed by atoms with Gasteiger partial charge in [0.15, 0.2) is 0 Å². The summed E-state index contributed by atoms with van der Waals surface area (Å²) in [6.07, 6.45) is 3.40. The maximum Gasteiger partial charge on any atom is 0.244 e. The molecule has 7 nitrogen and oxygen atoms in total. The number of pyridine rings is 1. The quantitative estimate of drug-likeness (QED) is 0.755. The minimum atomic E-state index is -0.409. The first-order valence-electron chi connectivity index (χ1n) is 7.93. The van der Waals surface area contributed by atoms with Crippen LogP contribution >= 0.6 is 0 Å². The first kappa shape index (κ1) is 15.7. The van der Waals surface area contributed by atoms with Crippen LogP contribution in [-0.4, -0.2) is 22.3 Å². The van der Waals surface area contributed by atoms with Gasteiger partial charge in [-0.1, -0.05) is 6.07 Å². The number of rotatable bonds is 3. The predicted molar refractivity (Wildman–Crippen MR) is 94.1 cm³/mol. The number of hydrogen-bond donors (Lipinski definition) is 2. The van der Waals surface area contributed by atoms with Gasteiger partial charge < -0.3 is 15.2 Å². The predicted octanol–water partition coefficient (Wildman–Crippen LogP) is 2.70. The third kappa shape index (κ3) is 2.45. The fourth-order valence-corrected chi connectivity index (χ4v) is 3.10. The Morgan fingerprint density at radius 3 is 2.73 bits per heavy atom. The molecule has 0 unspecified atom stereocenters. The van der Waals surface area contributed by atoms with Crippen LogP contribution in [0.15, 0.2) is 60.2 Å². The van der Waals surface area contributed by atoms with Gasteiger partial charge in [-0.3, -0.25) is 10.1 Å². The number of aromatic amines is 1. The van der Waals surface area contributed by atoms with Crippen LogP contribution in [0.3, 0.4) is 0 Å². The van der Waals surface area contributed by atoms with Gasteiger partial charge in [-0.2, -0.15) is 5.26 Å². The standard InChI is InChI=1S/C19H15N5O2/c1-25-13-6-4-11(5-7-13)17-16-15(12-3-2-8-22-10-12)14(9-20)18(21)26-19(16)24-23-17/h2-8,10,15H,21H2,1H3,(H,23,24)/t15-/m1/s1. The highest BCUT2D eigenvalue weighted by Crippen LogP contribution is 2.45. The van der Waals surface area contributed by atoms with Crippen molar-refractivity contribution >= 4 is 0 Å². The van der Waals surface area contributed by atoms with E-state index >= 15 is 0 Å². The molecule has 3 aromatic rings. The molecule has 0 radical (unpaired) electrons. The molecular formula is C19H15N5O2. The zero-order chi connectivity index (χ0) is 18.1. The molecule has 0 saturated carbocycles. The number of hydrogen-bond acceptors (Lipinski definition) is 6. The van der Waals surface area contributed by atoms with E-state index in [0.29, 0.717) is 11.5 Å². The van der Waals surface area contributed by atoms with Gasteiger partial charge in [-0.25, -0.2) is 0 Å². The molecule has 7 heteroatoms. The van der Waals surface area contributed by atoms with Crippen LogP contribution in [0.1, 0.15) is 17.0 Å². The largest absolute Gasteiger partial charge is 0.497 e. The maximum atomic E-state index is 9.65. The smallest absolute Gasteiger partial charge is 0.244 e. The number of nitrogens with two attached hydrogens (primary N) is 1.